The van der Waals surface area contributed by atoms with Crippen LogP contribution >= 0.6 is 31.9 Å². The Kier molecular flexibility index (Phi) is 6.23. The van der Waals surface area contributed by atoms with E-state index in [1.165, 1.54) is 0 Å². The number of methoxy groups -OCH3 is 4. The van der Waals surface area contributed by atoms with E-state index in [0.29, 0.717) is 46.3 Å². The van der Waals surface area contributed by atoms with Crippen molar-refractivity contribution in [1.82, 2.24) is 0 Å². The van der Waals surface area contributed by atoms with Crippen molar-refractivity contribution < 1.29 is 28.4 Å². The molecule has 1 aliphatic heterocycles. The van der Waals surface area contributed by atoms with E-state index in [-0.39, 0.29) is 6.79 Å². The van der Waals surface area contributed by atoms with E-state index in [1.807, 2.05) is 0 Å². The van der Waals surface area contributed by atoms with Crippen LogP contribution < -0.4 is 28.4 Å². The number of benzene rings is 2. The Morgan fingerprint density at radius 2 is 1.13 bits per heavy atom. The Balaban J connectivity index is 2.22. The lowest BCUT2D eigenvalue weighted by atomic mass is 9.77. The molecule has 0 saturated carbocycles. The quantitative estimate of drug-likeness (QED) is 0.458. The fourth-order valence-electron chi connectivity index (χ4n) is 4.52. The van der Waals surface area contributed by atoms with Crippen LogP contribution in [0.15, 0.2) is 8.95 Å². The zero-order chi connectivity index (χ0) is 22.4. The molecule has 8 heteroatoms. The molecule has 2 aliphatic rings. The summed E-state index contributed by atoms with van der Waals surface area (Å²) in [5, 5.41) is 0. The highest BCUT2D eigenvalue weighted by atomic mass is 79.9. The zero-order valence-corrected chi connectivity index (χ0v) is 21.7. The summed E-state index contributed by atoms with van der Waals surface area (Å²) in [6.45, 7) is 4.70. The van der Waals surface area contributed by atoms with Crippen molar-refractivity contribution >= 4 is 31.9 Å². The van der Waals surface area contributed by atoms with Gasteiger partial charge in [-0.1, -0.05) is 13.8 Å². The minimum atomic E-state index is 0.152. The summed E-state index contributed by atoms with van der Waals surface area (Å²) in [5.41, 5.74) is 4.01. The Morgan fingerprint density at radius 3 is 1.68 bits per heavy atom. The maximum Gasteiger partial charge on any atom is 0.231 e. The first-order chi connectivity index (χ1) is 14.9. The second-order valence-electron chi connectivity index (χ2n) is 7.90. The molecule has 2 aromatic carbocycles. The minimum Gasteiger partial charge on any atom is -0.492 e. The van der Waals surface area contributed by atoms with Gasteiger partial charge < -0.3 is 28.4 Å². The van der Waals surface area contributed by atoms with Gasteiger partial charge in [-0.05, 0) is 67.7 Å². The predicted molar refractivity (Wildman–Crippen MR) is 125 cm³/mol. The van der Waals surface area contributed by atoms with Gasteiger partial charge in [-0.3, -0.25) is 0 Å². The van der Waals surface area contributed by atoms with Crippen molar-refractivity contribution in [2.45, 2.75) is 26.7 Å². The summed E-state index contributed by atoms with van der Waals surface area (Å²) in [6.07, 6.45) is 1.68. The van der Waals surface area contributed by atoms with E-state index in [4.69, 9.17) is 28.4 Å². The fraction of sp³-hybridized carbons (Fsp3) is 0.478. The third-order valence-electron chi connectivity index (χ3n) is 6.31. The average molecular weight is 558 g/mol. The maximum atomic E-state index is 5.94. The number of ether oxygens (including phenoxy) is 6. The lowest BCUT2D eigenvalue weighted by Gasteiger charge is -2.31. The first kappa shape index (κ1) is 22.4. The van der Waals surface area contributed by atoms with E-state index in [2.05, 4.69) is 45.7 Å². The molecule has 0 spiro atoms. The van der Waals surface area contributed by atoms with Gasteiger partial charge in [0.1, 0.15) is 0 Å². The van der Waals surface area contributed by atoms with E-state index in [9.17, 15) is 0 Å². The number of hydrogen-bond donors (Lipinski definition) is 0. The van der Waals surface area contributed by atoms with Gasteiger partial charge >= 0.3 is 0 Å². The number of fused-ring (bicyclic) bond motifs is 4. The average Bonchev–Trinajstić information content (AvgIpc) is 3.25. The normalized spacial score (nSPS) is 19.1. The van der Waals surface area contributed by atoms with Crippen LogP contribution in [0.5, 0.6) is 34.5 Å². The molecule has 0 radical (unpaired) electrons. The van der Waals surface area contributed by atoms with Gasteiger partial charge in [0.25, 0.3) is 0 Å². The van der Waals surface area contributed by atoms with Gasteiger partial charge in [-0.25, -0.2) is 0 Å². The summed E-state index contributed by atoms with van der Waals surface area (Å²) in [7, 11) is 6.54. The van der Waals surface area contributed by atoms with Gasteiger partial charge in [0.15, 0.2) is 23.0 Å². The van der Waals surface area contributed by atoms with Crippen LogP contribution in [0.25, 0.3) is 11.1 Å². The molecule has 0 fully saturated rings. The van der Waals surface area contributed by atoms with Gasteiger partial charge in [-0.2, -0.15) is 0 Å². The molecule has 0 N–H and O–H groups in total. The van der Waals surface area contributed by atoms with Crippen molar-refractivity contribution in [1.29, 1.82) is 0 Å². The number of rotatable bonds is 4. The third kappa shape index (κ3) is 3.33. The smallest absolute Gasteiger partial charge is 0.231 e. The van der Waals surface area contributed by atoms with Crippen LogP contribution in [0.4, 0.5) is 0 Å². The van der Waals surface area contributed by atoms with Crippen LogP contribution in [-0.4, -0.2) is 35.2 Å². The van der Waals surface area contributed by atoms with Crippen LogP contribution in [0.1, 0.15) is 25.0 Å². The summed E-state index contributed by atoms with van der Waals surface area (Å²) < 4.78 is 36.7. The van der Waals surface area contributed by atoms with Crippen molar-refractivity contribution in [3.05, 3.63) is 20.1 Å². The molecule has 0 saturated heterocycles. The molecule has 0 bridgehead atoms. The van der Waals surface area contributed by atoms with E-state index in [1.54, 1.807) is 28.4 Å². The van der Waals surface area contributed by atoms with Gasteiger partial charge in [0.2, 0.25) is 18.3 Å². The standard InChI is InChI=1S/C23H26Br2O6/c1-10-7-12-14(18(26-3)22(29-6)20(28-5)16(12)24)15-13(8-11(10)2)17(25)21-23(19(15)27-4)31-9-30-21/h10-11H,7-9H2,1-6H3/t10-,11+/m1/s1. The van der Waals surface area contributed by atoms with Crippen LogP contribution in [0, 0.1) is 11.8 Å². The maximum absolute atomic E-state index is 5.94. The van der Waals surface area contributed by atoms with Crippen molar-refractivity contribution in [3.63, 3.8) is 0 Å². The van der Waals surface area contributed by atoms with Gasteiger partial charge in [-0.15, -0.1) is 0 Å². The van der Waals surface area contributed by atoms with Crippen LogP contribution in [0.3, 0.4) is 0 Å². The Bertz CT molecular complexity index is 1040. The number of hydrogen-bond acceptors (Lipinski definition) is 6. The Morgan fingerprint density at radius 1 is 0.645 bits per heavy atom. The molecule has 1 aliphatic carbocycles. The van der Waals surface area contributed by atoms with E-state index < -0.39 is 0 Å². The first-order valence-electron chi connectivity index (χ1n) is 10.1. The van der Waals surface area contributed by atoms with Crippen molar-refractivity contribution in [3.8, 4) is 45.6 Å². The highest BCUT2D eigenvalue weighted by molar-refractivity contribution is 9.11. The molecular formula is C23H26Br2O6. The van der Waals surface area contributed by atoms with Crippen LogP contribution in [-0.2, 0) is 12.8 Å². The third-order valence-corrected chi connectivity index (χ3v) is 7.99. The summed E-state index contributed by atoms with van der Waals surface area (Å²) in [4.78, 5) is 0. The lowest BCUT2D eigenvalue weighted by molar-refractivity contribution is 0.170. The SMILES string of the molecule is COc1c(Br)c2c(c(OC)c1OC)-c1c(c(Br)c3c(c1OC)OCO3)C[C@H](C)[C@H](C)C2. The molecule has 2 atom stereocenters. The molecule has 4 rings (SSSR count). The summed E-state index contributed by atoms with van der Waals surface area (Å²) in [5.74, 6) is 4.46. The second-order valence-corrected chi connectivity index (χ2v) is 9.48. The predicted octanol–water partition coefficient (Wildman–Crippen LogP) is 6.01. The highest BCUT2D eigenvalue weighted by Crippen LogP contribution is 2.60. The molecule has 1 heterocycles. The molecule has 2 aromatic rings. The first-order valence-corrected chi connectivity index (χ1v) is 11.7. The Labute approximate surface area is 199 Å². The zero-order valence-electron chi connectivity index (χ0n) is 18.5. The molecule has 0 unspecified atom stereocenters. The molecule has 31 heavy (non-hydrogen) atoms. The van der Waals surface area contributed by atoms with Crippen LogP contribution in [0.2, 0.25) is 0 Å². The van der Waals surface area contributed by atoms with E-state index in [0.717, 1.165) is 44.0 Å². The fourth-order valence-corrected chi connectivity index (χ4v) is 5.88. The number of halogens is 2. The van der Waals surface area contributed by atoms with Crippen molar-refractivity contribution in [2.75, 3.05) is 35.2 Å². The summed E-state index contributed by atoms with van der Waals surface area (Å²) >= 11 is 7.60. The lowest BCUT2D eigenvalue weighted by Crippen LogP contribution is -2.19. The van der Waals surface area contributed by atoms with E-state index >= 15 is 0 Å². The topological polar surface area (TPSA) is 55.4 Å². The molecule has 6 nitrogen and oxygen atoms in total. The van der Waals surface area contributed by atoms with Gasteiger partial charge in [0, 0.05) is 11.1 Å². The monoisotopic (exact) mass is 556 g/mol. The largest absolute Gasteiger partial charge is 0.492 e. The summed E-state index contributed by atoms with van der Waals surface area (Å²) in [6, 6.07) is 0. The molecule has 0 amide bonds. The van der Waals surface area contributed by atoms with Crippen molar-refractivity contribution in [2.24, 2.45) is 11.8 Å². The second kappa shape index (κ2) is 8.62. The highest BCUT2D eigenvalue weighted by Gasteiger charge is 2.38. The molecule has 168 valence electrons. The molecular weight excluding hydrogens is 532 g/mol. The molecule has 0 aromatic heterocycles. The minimum absolute atomic E-state index is 0.152. The Hall–Kier alpha value is -1.80. The van der Waals surface area contributed by atoms with Gasteiger partial charge in [0.05, 0.1) is 37.4 Å².